The molecule has 3 heteroatoms. The molecule has 0 amide bonds. The van der Waals surface area contributed by atoms with Crippen LogP contribution in [0.4, 0.5) is 5.82 Å². The molecule has 0 saturated carbocycles. The van der Waals surface area contributed by atoms with Crippen molar-refractivity contribution in [2.45, 2.75) is 26.4 Å². The summed E-state index contributed by atoms with van der Waals surface area (Å²) >= 11 is 0. The lowest BCUT2D eigenvalue weighted by molar-refractivity contribution is 0.537. The second-order valence-corrected chi connectivity index (χ2v) is 4.09. The van der Waals surface area contributed by atoms with Crippen LogP contribution >= 0.6 is 0 Å². The molecule has 0 aliphatic heterocycles. The molecule has 0 spiro atoms. The van der Waals surface area contributed by atoms with Crippen LogP contribution in [0.1, 0.15) is 25.5 Å². The molecule has 0 unspecified atom stereocenters. The second-order valence-electron chi connectivity index (χ2n) is 4.09. The smallest absolute Gasteiger partial charge is 0.124 e. The maximum absolute atomic E-state index is 4.28. The number of hydrogen-bond donors (Lipinski definition) is 1. The minimum Gasteiger partial charge on any atom is -0.366 e. The van der Waals surface area contributed by atoms with Crippen LogP contribution in [0.5, 0.6) is 0 Å². The fourth-order valence-corrected chi connectivity index (χ4v) is 1.65. The van der Waals surface area contributed by atoms with Crippen molar-refractivity contribution < 1.29 is 0 Å². The summed E-state index contributed by atoms with van der Waals surface area (Å²) < 4.78 is 1.99. The predicted octanol–water partition coefficient (Wildman–Crippen LogP) is 3.08. The van der Waals surface area contributed by atoms with Crippen LogP contribution in [-0.4, -0.2) is 9.78 Å². The monoisotopic (exact) mass is 215 g/mol. The first-order valence-electron chi connectivity index (χ1n) is 5.58. The molecular formula is C13H17N3. The molecule has 0 radical (unpaired) electrons. The number of nitrogens with one attached hydrogen (secondary N) is 1. The Morgan fingerprint density at radius 2 is 1.94 bits per heavy atom. The fourth-order valence-electron chi connectivity index (χ4n) is 1.65. The van der Waals surface area contributed by atoms with Crippen LogP contribution in [0, 0.1) is 0 Å². The number of aromatic nitrogens is 2. The van der Waals surface area contributed by atoms with Gasteiger partial charge in [-0.05, 0) is 19.4 Å². The minimum absolute atomic E-state index is 0.383. The van der Waals surface area contributed by atoms with E-state index in [1.54, 1.807) is 0 Å². The highest BCUT2D eigenvalue weighted by molar-refractivity contribution is 5.35. The first-order chi connectivity index (χ1) is 7.77. The fraction of sp³-hybridized carbons (Fsp3) is 0.308. The van der Waals surface area contributed by atoms with Gasteiger partial charge in [0.2, 0.25) is 0 Å². The average Bonchev–Trinajstić information content (AvgIpc) is 2.76. The number of rotatable bonds is 4. The zero-order valence-electron chi connectivity index (χ0n) is 9.72. The number of hydrogen-bond acceptors (Lipinski definition) is 2. The molecule has 1 N–H and O–H groups in total. The lowest BCUT2D eigenvalue weighted by Crippen LogP contribution is -2.09. The van der Waals surface area contributed by atoms with E-state index in [4.69, 9.17) is 0 Å². The number of benzene rings is 1. The number of anilines is 1. The molecule has 2 rings (SSSR count). The van der Waals surface area contributed by atoms with E-state index in [1.807, 2.05) is 23.0 Å². The van der Waals surface area contributed by atoms with Crippen molar-refractivity contribution in [3.8, 4) is 0 Å². The van der Waals surface area contributed by atoms with E-state index in [2.05, 4.69) is 48.5 Å². The first-order valence-corrected chi connectivity index (χ1v) is 5.58. The molecular weight excluding hydrogens is 198 g/mol. The van der Waals surface area contributed by atoms with Gasteiger partial charge >= 0.3 is 0 Å². The largest absolute Gasteiger partial charge is 0.366 e. The molecule has 1 aromatic carbocycles. The van der Waals surface area contributed by atoms with Gasteiger partial charge < -0.3 is 5.32 Å². The van der Waals surface area contributed by atoms with Crippen LogP contribution < -0.4 is 5.32 Å². The summed E-state index contributed by atoms with van der Waals surface area (Å²) in [5.41, 5.74) is 1.28. The summed E-state index contributed by atoms with van der Waals surface area (Å²) in [4.78, 5) is 0. The van der Waals surface area contributed by atoms with Gasteiger partial charge in [0.25, 0.3) is 0 Å². The van der Waals surface area contributed by atoms with E-state index >= 15 is 0 Å². The third kappa shape index (κ3) is 2.42. The highest BCUT2D eigenvalue weighted by Gasteiger charge is 2.04. The maximum atomic E-state index is 4.28. The van der Waals surface area contributed by atoms with E-state index in [-0.39, 0.29) is 0 Å². The van der Waals surface area contributed by atoms with Crippen LogP contribution in [-0.2, 0) is 6.54 Å². The van der Waals surface area contributed by atoms with Crippen molar-refractivity contribution in [2.75, 3.05) is 5.32 Å². The molecule has 1 heterocycles. The summed E-state index contributed by atoms with van der Waals surface area (Å²) in [7, 11) is 0. The van der Waals surface area contributed by atoms with Gasteiger partial charge in [0.1, 0.15) is 5.82 Å². The first kappa shape index (κ1) is 10.7. The Labute approximate surface area is 96.1 Å². The maximum Gasteiger partial charge on any atom is 0.124 e. The molecule has 0 aliphatic carbocycles. The van der Waals surface area contributed by atoms with Crippen molar-refractivity contribution in [1.29, 1.82) is 0 Å². The molecule has 0 aliphatic rings. The van der Waals surface area contributed by atoms with Crippen LogP contribution in [0.3, 0.4) is 0 Å². The lowest BCUT2D eigenvalue weighted by atomic mass is 10.2. The summed E-state index contributed by atoms with van der Waals surface area (Å²) in [5, 5.41) is 7.67. The highest BCUT2D eigenvalue weighted by Crippen LogP contribution is 2.14. The van der Waals surface area contributed by atoms with E-state index in [0.29, 0.717) is 6.04 Å². The zero-order valence-corrected chi connectivity index (χ0v) is 9.72. The Kier molecular flexibility index (Phi) is 3.25. The molecule has 1 aromatic heterocycles. The third-order valence-electron chi connectivity index (χ3n) is 2.48. The van der Waals surface area contributed by atoms with E-state index < -0.39 is 0 Å². The Hall–Kier alpha value is -1.77. The quantitative estimate of drug-likeness (QED) is 0.849. The van der Waals surface area contributed by atoms with Crippen molar-refractivity contribution in [1.82, 2.24) is 9.78 Å². The van der Waals surface area contributed by atoms with Crippen molar-refractivity contribution >= 4 is 5.82 Å². The van der Waals surface area contributed by atoms with Gasteiger partial charge in [0, 0.05) is 18.7 Å². The summed E-state index contributed by atoms with van der Waals surface area (Å²) in [6, 6.07) is 12.7. The highest BCUT2D eigenvalue weighted by atomic mass is 15.3. The Balaban J connectivity index is 2.02. The number of nitrogens with zero attached hydrogens (tertiary/aromatic N) is 2. The van der Waals surface area contributed by atoms with E-state index in [0.717, 1.165) is 12.4 Å². The second kappa shape index (κ2) is 4.84. The summed E-state index contributed by atoms with van der Waals surface area (Å²) in [6.45, 7) is 5.08. The third-order valence-corrected chi connectivity index (χ3v) is 2.48. The minimum atomic E-state index is 0.383. The van der Waals surface area contributed by atoms with Crippen LogP contribution in [0.2, 0.25) is 0 Å². The Morgan fingerprint density at radius 3 is 2.62 bits per heavy atom. The van der Waals surface area contributed by atoms with Gasteiger partial charge in [-0.15, -0.1) is 0 Å². The molecule has 0 atom stereocenters. The van der Waals surface area contributed by atoms with Crippen LogP contribution in [0.15, 0.2) is 42.6 Å². The molecule has 84 valence electrons. The molecule has 16 heavy (non-hydrogen) atoms. The van der Waals surface area contributed by atoms with Crippen molar-refractivity contribution in [2.24, 2.45) is 0 Å². The van der Waals surface area contributed by atoms with Crippen molar-refractivity contribution in [3.63, 3.8) is 0 Å². The SMILES string of the molecule is CC(C)n1nccc1NCc1ccccc1. The molecule has 0 bridgehead atoms. The Bertz CT molecular complexity index is 431. The van der Waals surface area contributed by atoms with E-state index in [1.165, 1.54) is 5.56 Å². The average molecular weight is 215 g/mol. The summed E-state index contributed by atoms with van der Waals surface area (Å²) in [5.74, 6) is 1.07. The summed E-state index contributed by atoms with van der Waals surface area (Å²) in [6.07, 6.45) is 1.83. The van der Waals surface area contributed by atoms with Gasteiger partial charge in [-0.3, -0.25) is 0 Å². The van der Waals surface area contributed by atoms with E-state index in [9.17, 15) is 0 Å². The molecule has 2 aromatic rings. The topological polar surface area (TPSA) is 29.9 Å². The zero-order chi connectivity index (χ0) is 11.4. The van der Waals surface area contributed by atoms with Gasteiger partial charge in [0.05, 0.1) is 6.20 Å². The standard InChI is InChI=1S/C13H17N3/c1-11(2)16-13(8-9-15-16)14-10-12-6-4-3-5-7-12/h3-9,11,14H,10H2,1-2H3. The lowest BCUT2D eigenvalue weighted by Gasteiger charge is -2.12. The Morgan fingerprint density at radius 1 is 1.19 bits per heavy atom. The normalized spacial score (nSPS) is 10.7. The molecule has 3 nitrogen and oxygen atoms in total. The van der Waals surface area contributed by atoms with Gasteiger partial charge in [0.15, 0.2) is 0 Å². The molecule has 0 saturated heterocycles. The van der Waals surface area contributed by atoms with Gasteiger partial charge in [-0.25, -0.2) is 4.68 Å². The van der Waals surface area contributed by atoms with Gasteiger partial charge in [-0.2, -0.15) is 5.10 Å². The van der Waals surface area contributed by atoms with Crippen LogP contribution in [0.25, 0.3) is 0 Å². The molecule has 0 fully saturated rings. The predicted molar refractivity (Wildman–Crippen MR) is 66.4 cm³/mol. The van der Waals surface area contributed by atoms with Gasteiger partial charge in [-0.1, -0.05) is 30.3 Å². The van der Waals surface area contributed by atoms with Crippen molar-refractivity contribution in [3.05, 3.63) is 48.2 Å².